The van der Waals surface area contributed by atoms with E-state index in [0.717, 1.165) is 4.57 Å². The molecular weight excluding hydrogens is 229 g/mol. The van der Waals surface area contributed by atoms with Crippen molar-refractivity contribution >= 4 is 29.2 Å². The van der Waals surface area contributed by atoms with Crippen LogP contribution in [0.5, 0.6) is 0 Å². The number of rotatable bonds is 2. The minimum absolute atomic E-state index is 0.214. The van der Waals surface area contributed by atoms with Crippen LogP contribution in [-0.2, 0) is 0 Å². The normalized spacial score (nSPS) is 9.86. The van der Waals surface area contributed by atoms with E-state index < -0.39 is 11.7 Å². The molecule has 1 rings (SSSR count). The molecule has 14 heavy (non-hydrogen) atoms. The maximum atomic E-state index is 11.3. The first-order valence-electron chi connectivity index (χ1n) is 3.73. The van der Waals surface area contributed by atoms with E-state index in [1.165, 1.54) is 12.4 Å². The van der Waals surface area contributed by atoms with Crippen LogP contribution in [0.1, 0.15) is 0 Å². The number of hydrogen-bond donors (Lipinski definition) is 1. The van der Waals surface area contributed by atoms with E-state index in [9.17, 15) is 9.59 Å². The largest absolute Gasteiger partial charge is 0.355 e. The number of nitrogens with one attached hydrogen (secondary N) is 1. The lowest BCUT2D eigenvalue weighted by Gasteiger charge is -2.04. The van der Waals surface area contributed by atoms with Gasteiger partial charge in [-0.05, 0) is 0 Å². The van der Waals surface area contributed by atoms with Crippen LogP contribution in [-0.4, -0.2) is 28.0 Å². The second kappa shape index (κ2) is 4.97. The lowest BCUT2D eigenvalue weighted by molar-refractivity contribution is 0.242. The Morgan fingerprint density at radius 1 is 1.64 bits per heavy atom. The van der Waals surface area contributed by atoms with Crippen LogP contribution in [0.3, 0.4) is 0 Å². The van der Waals surface area contributed by atoms with E-state index in [2.05, 4.69) is 10.3 Å². The summed E-state index contributed by atoms with van der Waals surface area (Å²) in [6, 6.07) is -0.592. The molecule has 7 heteroatoms. The van der Waals surface area contributed by atoms with E-state index in [0.29, 0.717) is 0 Å². The lowest BCUT2D eigenvalue weighted by Crippen LogP contribution is -2.37. The third kappa shape index (κ3) is 2.71. The molecule has 0 fully saturated rings. The molecule has 0 saturated heterocycles. The van der Waals surface area contributed by atoms with Crippen molar-refractivity contribution in [2.24, 2.45) is 0 Å². The molecule has 0 saturated carbocycles. The van der Waals surface area contributed by atoms with E-state index in [1.807, 2.05) is 0 Å². The number of carbonyl (C=O) groups excluding carboxylic acids is 1. The summed E-state index contributed by atoms with van der Waals surface area (Å²) in [5.41, 5.74) is -0.679. The highest BCUT2D eigenvalue weighted by atomic mass is 35.5. The molecule has 5 nitrogen and oxygen atoms in total. The van der Waals surface area contributed by atoms with Gasteiger partial charge < -0.3 is 5.32 Å². The Kier molecular flexibility index (Phi) is 3.91. The SMILES string of the molecule is O=C(NCCCl)n1cc(Cl)cnc1=O. The molecule has 1 heterocycles. The van der Waals surface area contributed by atoms with Crippen molar-refractivity contribution in [3.63, 3.8) is 0 Å². The zero-order chi connectivity index (χ0) is 10.6. The molecular formula is C7H7Cl2N3O2. The molecule has 0 spiro atoms. The first-order valence-corrected chi connectivity index (χ1v) is 4.65. The summed E-state index contributed by atoms with van der Waals surface area (Å²) < 4.78 is 0.787. The van der Waals surface area contributed by atoms with Gasteiger partial charge >= 0.3 is 11.7 Å². The summed E-state index contributed by atoms with van der Waals surface area (Å²) in [6.07, 6.45) is 2.37. The summed E-state index contributed by atoms with van der Waals surface area (Å²) in [4.78, 5) is 25.7. The molecule has 0 aliphatic heterocycles. The predicted molar refractivity (Wildman–Crippen MR) is 53.0 cm³/mol. The highest BCUT2D eigenvalue weighted by Crippen LogP contribution is 2.00. The minimum atomic E-state index is -0.679. The van der Waals surface area contributed by atoms with Gasteiger partial charge in [0.05, 0.1) is 11.2 Å². The van der Waals surface area contributed by atoms with Gasteiger partial charge in [-0.2, -0.15) is 4.98 Å². The summed E-state index contributed by atoms with van der Waals surface area (Å²) in [5, 5.41) is 2.62. The quantitative estimate of drug-likeness (QED) is 0.768. The predicted octanol–water partition coefficient (Wildman–Crippen LogP) is 0.693. The van der Waals surface area contributed by atoms with Crippen LogP contribution < -0.4 is 11.0 Å². The highest BCUT2D eigenvalue weighted by molar-refractivity contribution is 6.30. The van der Waals surface area contributed by atoms with Gasteiger partial charge in [0.15, 0.2) is 0 Å². The number of alkyl halides is 1. The van der Waals surface area contributed by atoms with Crippen LogP contribution in [0.4, 0.5) is 4.79 Å². The Morgan fingerprint density at radius 3 is 3.00 bits per heavy atom. The fraction of sp³-hybridized carbons (Fsp3) is 0.286. The molecule has 0 bridgehead atoms. The standard InChI is InChI=1S/C7H7Cl2N3O2/c8-1-2-10-6(13)12-4-5(9)3-11-7(12)14/h3-4H,1-2H2,(H,10,13). The van der Waals surface area contributed by atoms with Crippen LogP contribution >= 0.6 is 23.2 Å². The molecule has 0 unspecified atom stereocenters. The Bertz CT molecular complexity index is 391. The molecule has 1 aromatic rings. The van der Waals surface area contributed by atoms with E-state index in [1.54, 1.807) is 0 Å². The molecule has 0 radical (unpaired) electrons. The Balaban J connectivity index is 2.89. The third-order valence-corrected chi connectivity index (χ3v) is 1.73. The summed E-state index contributed by atoms with van der Waals surface area (Å²) in [5.74, 6) is 0.272. The van der Waals surface area contributed by atoms with Crippen molar-refractivity contribution in [3.05, 3.63) is 27.9 Å². The second-order valence-electron chi connectivity index (χ2n) is 2.35. The number of nitrogens with zero attached hydrogens (tertiary/aromatic N) is 2. The highest BCUT2D eigenvalue weighted by Gasteiger charge is 2.06. The average Bonchev–Trinajstić information content (AvgIpc) is 2.18. The summed E-state index contributed by atoms with van der Waals surface area (Å²) in [7, 11) is 0. The molecule has 1 amide bonds. The molecule has 0 aromatic carbocycles. The number of carbonyl (C=O) groups is 1. The lowest BCUT2D eigenvalue weighted by atomic mass is 10.6. The smallest absolute Gasteiger partial charge is 0.336 e. The van der Waals surface area contributed by atoms with Crippen LogP contribution in [0.25, 0.3) is 0 Å². The van der Waals surface area contributed by atoms with Gasteiger partial charge in [-0.3, -0.25) is 0 Å². The number of amides is 1. The third-order valence-electron chi connectivity index (χ3n) is 1.35. The molecule has 0 aliphatic carbocycles. The zero-order valence-corrected chi connectivity index (χ0v) is 8.55. The van der Waals surface area contributed by atoms with E-state index >= 15 is 0 Å². The molecule has 1 N–H and O–H groups in total. The van der Waals surface area contributed by atoms with Crippen molar-refractivity contribution in [3.8, 4) is 0 Å². The van der Waals surface area contributed by atoms with Crippen LogP contribution in [0.2, 0.25) is 5.02 Å². The second-order valence-corrected chi connectivity index (χ2v) is 3.16. The fourth-order valence-electron chi connectivity index (χ4n) is 0.776. The average molecular weight is 236 g/mol. The van der Waals surface area contributed by atoms with E-state index in [4.69, 9.17) is 23.2 Å². The zero-order valence-electron chi connectivity index (χ0n) is 7.04. The summed E-state index contributed by atoms with van der Waals surface area (Å²) in [6.45, 7) is 0.277. The first kappa shape index (κ1) is 11.0. The molecule has 0 atom stereocenters. The van der Waals surface area contributed by atoms with Crippen molar-refractivity contribution < 1.29 is 4.79 Å². The van der Waals surface area contributed by atoms with Gasteiger partial charge in [0.1, 0.15) is 0 Å². The van der Waals surface area contributed by atoms with Gasteiger partial charge in [-0.1, -0.05) is 11.6 Å². The number of halogens is 2. The molecule has 76 valence electrons. The van der Waals surface area contributed by atoms with Gasteiger partial charge in [0.2, 0.25) is 0 Å². The first-order chi connectivity index (χ1) is 6.65. The molecule has 1 aromatic heterocycles. The van der Waals surface area contributed by atoms with Crippen LogP contribution in [0, 0.1) is 0 Å². The van der Waals surface area contributed by atoms with Gasteiger partial charge in [0, 0.05) is 18.6 Å². The van der Waals surface area contributed by atoms with Gasteiger partial charge in [-0.25, -0.2) is 14.2 Å². The van der Waals surface area contributed by atoms with Crippen LogP contribution in [0.15, 0.2) is 17.2 Å². The number of hydrogen-bond acceptors (Lipinski definition) is 3. The maximum Gasteiger partial charge on any atom is 0.355 e. The van der Waals surface area contributed by atoms with Crippen molar-refractivity contribution in [1.29, 1.82) is 0 Å². The van der Waals surface area contributed by atoms with Crippen molar-refractivity contribution in [2.45, 2.75) is 0 Å². The fourth-order valence-corrected chi connectivity index (χ4v) is 1.02. The van der Waals surface area contributed by atoms with Crippen molar-refractivity contribution in [2.75, 3.05) is 12.4 Å². The monoisotopic (exact) mass is 235 g/mol. The van der Waals surface area contributed by atoms with E-state index in [-0.39, 0.29) is 17.4 Å². The Hall–Kier alpha value is -1.07. The minimum Gasteiger partial charge on any atom is -0.336 e. The van der Waals surface area contributed by atoms with Crippen molar-refractivity contribution in [1.82, 2.24) is 14.9 Å². The molecule has 0 aliphatic rings. The Morgan fingerprint density at radius 2 is 2.36 bits per heavy atom. The topological polar surface area (TPSA) is 64.0 Å². The maximum absolute atomic E-state index is 11.3. The Labute approximate surface area is 89.7 Å². The number of aromatic nitrogens is 2. The summed E-state index contributed by atoms with van der Waals surface area (Å²) >= 11 is 10.9. The van der Waals surface area contributed by atoms with Gasteiger partial charge in [0.25, 0.3) is 0 Å². The van der Waals surface area contributed by atoms with Gasteiger partial charge in [-0.15, -0.1) is 11.6 Å².